The Hall–Kier alpha value is -2.58. The van der Waals surface area contributed by atoms with Crippen LogP contribution >= 0.6 is 11.6 Å². The molecule has 7 nitrogen and oxygen atoms in total. The molecule has 9 heteroatoms. The van der Waals surface area contributed by atoms with Crippen LogP contribution in [0.2, 0.25) is 5.02 Å². The summed E-state index contributed by atoms with van der Waals surface area (Å²) in [5.41, 5.74) is 1.71. The van der Waals surface area contributed by atoms with Crippen LogP contribution in [0.3, 0.4) is 0 Å². The molecule has 1 N–H and O–H groups in total. The Bertz CT molecular complexity index is 1010. The first-order valence-corrected chi connectivity index (χ1v) is 9.90. The molecule has 29 heavy (non-hydrogen) atoms. The standard InChI is InChI=1S/C20H22ClFN6O/c1-28(2)13-4-6-14(7-5-13)29-20-23-10-17-18(27-20)19(25-11-24-17)26-12-3-8-16(22)15(21)9-12/h3,8-11,13-14H,4-7H2,1-2H3,(H,24,25,26). The van der Waals surface area contributed by atoms with Crippen LogP contribution in [-0.2, 0) is 0 Å². The number of hydrogen-bond acceptors (Lipinski definition) is 7. The maximum Gasteiger partial charge on any atom is 0.317 e. The number of rotatable bonds is 5. The third-order valence-corrected chi connectivity index (χ3v) is 5.47. The number of ether oxygens (including phenoxy) is 1. The van der Waals surface area contributed by atoms with Crippen LogP contribution in [0.4, 0.5) is 15.9 Å². The quantitative estimate of drug-likeness (QED) is 0.667. The van der Waals surface area contributed by atoms with Crippen molar-refractivity contribution in [1.29, 1.82) is 0 Å². The molecule has 0 amide bonds. The summed E-state index contributed by atoms with van der Waals surface area (Å²) in [6.07, 6.45) is 7.25. The number of nitrogens with zero attached hydrogens (tertiary/aromatic N) is 5. The fourth-order valence-electron chi connectivity index (χ4n) is 3.53. The first kappa shape index (κ1) is 19.7. The normalized spacial score (nSPS) is 19.5. The summed E-state index contributed by atoms with van der Waals surface area (Å²) in [5.74, 6) is -0.00648. The lowest BCUT2D eigenvalue weighted by molar-refractivity contribution is 0.103. The molecule has 3 aromatic rings. The summed E-state index contributed by atoms with van der Waals surface area (Å²) in [6.45, 7) is 0. The van der Waals surface area contributed by atoms with Gasteiger partial charge < -0.3 is 15.0 Å². The van der Waals surface area contributed by atoms with Gasteiger partial charge in [0, 0.05) is 11.7 Å². The molecule has 1 aliphatic rings. The molecule has 1 fully saturated rings. The van der Waals surface area contributed by atoms with Crippen molar-refractivity contribution in [2.24, 2.45) is 0 Å². The van der Waals surface area contributed by atoms with Crippen LogP contribution < -0.4 is 10.1 Å². The van der Waals surface area contributed by atoms with E-state index in [-0.39, 0.29) is 11.1 Å². The lowest BCUT2D eigenvalue weighted by atomic mass is 9.92. The Morgan fingerprint density at radius 3 is 2.66 bits per heavy atom. The third kappa shape index (κ3) is 4.54. The fraction of sp³-hybridized carbons (Fsp3) is 0.400. The van der Waals surface area contributed by atoms with Gasteiger partial charge in [-0.2, -0.15) is 4.98 Å². The molecule has 4 rings (SSSR count). The van der Waals surface area contributed by atoms with Crippen molar-refractivity contribution in [2.75, 3.05) is 19.4 Å². The van der Waals surface area contributed by atoms with Crippen molar-refractivity contribution in [3.63, 3.8) is 0 Å². The highest BCUT2D eigenvalue weighted by Crippen LogP contribution is 2.27. The van der Waals surface area contributed by atoms with Crippen molar-refractivity contribution in [3.8, 4) is 6.01 Å². The highest BCUT2D eigenvalue weighted by molar-refractivity contribution is 6.31. The van der Waals surface area contributed by atoms with E-state index in [2.05, 4.69) is 44.2 Å². The van der Waals surface area contributed by atoms with Gasteiger partial charge in [0.25, 0.3) is 0 Å². The van der Waals surface area contributed by atoms with Crippen LogP contribution in [-0.4, -0.2) is 51.1 Å². The average Bonchev–Trinajstić information content (AvgIpc) is 2.71. The van der Waals surface area contributed by atoms with E-state index in [4.69, 9.17) is 16.3 Å². The smallest absolute Gasteiger partial charge is 0.317 e. The molecule has 1 aliphatic carbocycles. The van der Waals surface area contributed by atoms with Crippen molar-refractivity contribution in [3.05, 3.63) is 41.6 Å². The van der Waals surface area contributed by atoms with E-state index in [1.807, 2.05) is 0 Å². The minimum Gasteiger partial charge on any atom is -0.460 e. The van der Waals surface area contributed by atoms with Crippen molar-refractivity contribution < 1.29 is 9.13 Å². The fourth-order valence-corrected chi connectivity index (χ4v) is 3.71. The molecule has 0 atom stereocenters. The SMILES string of the molecule is CN(C)C1CCC(Oc2ncc3ncnc(Nc4ccc(F)c(Cl)c4)c3n2)CC1. The predicted octanol–water partition coefficient (Wildman–Crippen LogP) is 4.21. The maximum atomic E-state index is 13.4. The summed E-state index contributed by atoms with van der Waals surface area (Å²) >= 11 is 5.87. The Morgan fingerprint density at radius 2 is 1.93 bits per heavy atom. The third-order valence-electron chi connectivity index (χ3n) is 5.18. The topological polar surface area (TPSA) is 76.1 Å². The van der Waals surface area contributed by atoms with E-state index in [9.17, 15) is 4.39 Å². The summed E-state index contributed by atoms with van der Waals surface area (Å²) in [7, 11) is 4.22. The van der Waals surface area contributed by atoms with Crippen LogP contribution in [0.25, 0.3) is 11.0 Å². The zero-order valence-electron chi connectivity index (χ0n) is 16.3. The summed E-state index contributed by atoms with van der Waals surface area (Å²) < 4.78 is 19.4. The first-order valence-electron chi connectivity index (χ1n) is 9.52. The minimum absolute atomic E-state index is 0.0281. The molecule has 0 radical (unpaired) electrons. The van der Waals surface area contributed by atoms with Gasteiger partial charge in [0.05, 0.1) is 11.2 Å². The molecule has 1 saturated carbocycles. The number of halogens is 2. The van der Waals surface area contributed by atoms with Gasteiger partial charge in [-0.15, -0.1) is 0 Å². The summed E-state index contributed by atoms with van der Waals surface area (Å²) in [4.78, 5) is 19.6. The van der Waals surface area contributed by atoms with Crippen LogP contribution in [0.1, 0.15) is 25.7 Å². The highest BCUT2D eigenvalue weighted by atomic mass is 35.5. The number of anilines is 2. The van der Waals surface area contributed by atoms with E-state index >= 15 is 0 Å². The molecule has 0 aliphatic heterocycles. The van der Waals surface area contributed by atoms with Crippen molar-refractivity contribution >= 4 is 34.1 Å². The van der Waals surface area contributed by atoms with Gasteiger partial charge in [0.2, 0.25) is 0 Å². The molecule has 2 heterocycles. The number of nitrogens with one attached hydrogen (secondary N) is 1. The molecule has 0 unspecified atom stereocenters. The molecule has 0 spiro atoms. The van der Waals surface area contributed by atoms with Gasteiger partial charge in [0.15, 0.2) is 5.82 Å². The Labute approximate surface area is 173 Å². The van der Waals surface area contributed by atoms with Crippen molar-refractivity contribution in [2.45, 2.75) is 37.8 Å². The van der Waals surface area contributed by atoms with E-state index in [0.717, 1.165) is 25.7 Å². The molecule has 2 aromatic heterocycles. The number of benzene rings is 1. The second-order valence-corrected chi connectivity index (χ2v) is 7.78. The van der Waals surface area contributed by atoms with E-state index < -0.39 is 5.82 Å². The van der Waals surface area contributed by atoms with Gasteiger partial charge in [-0.05, 0) is 58.0 Å². The second kappa shape index (κ2) is 8.42. The number of fused-ring (bicyclic) bond motifs is 1. The molecule has 0 saturated heterocycles. The van der Waals surface area contributed by atoms with Crippen LogP contribution in [0, 0.1) is 5.82 Å². The second-order valence-electron chi connectivity index (χ2n) is 7.37. The van der Waals surface area contributed by atoms with E-state index in [1.54, 1.807) is 12.3 Å². The Morgan fingerprint density at radius 1 is 1.14 bits per heavy atom. The monoisotopic (exact) mass is 416 g/mol. The molecule has 152 valence electrons. The number of hydrogen-bond donors (Lipinski definition) is 1. The van der Waals surface area contributed by atoms with Crippen molar-refractivity contribution in [1.82, 2.24) is 24.8 Å². The zero-order valence-corrected chi connectivity index (χ0v) is 17.0. The molecule has 0 bridgehead atoms. The largest absolute Gasteiger partial charge is 0.460 e. The Kier molecular flexibility index (Phi) is 5.73. The molecular weight excluding hydrogens is 395 g/mol. The van der Waals surface area contributed by atoms with E-state index in [0.29, 0.717) is 34.6 Å². The lowest BCUT2D eigenvalue weighted by Gasteiger charge is -2.32. The average molecular weight is 417 g/mol. The van der Waals surface area contributed by atoms with Crippen LogP contribution in [0.15, 0.2) is 30.7 Å². The Balaban J connectivity index is 1.53. The molecular formula is C20H22ClFN6O. The predicted molar refractivity (Wildman–Crippen MR) is 110 cm³/mol. The van der Waals surface area contributed by atoms with Gasteiger partial charge >= 0.3 is 6.01 Å². The highest BCUT2D eigenvalue weighted by Gasteiger charge is 2.24. The lowest BCUT2D eigenvalue weighted by Crippen LogP contribution is -2.35. The first-order chi connectivity index (χ1) is 14.0. The zero-order chi connectivity index (χ0) is 20.4. The van der Waals surface area contributed by atoms with Gasteiger partial charge in [-0.25, -0.2) is 19.3 Å². The van der Waals surface area contributed by atoms with Crippen LogP contribution in [0.5, 0.6) is 6.01 Å². The maximum absolute atomic E-state index is 13.4. The summed E-state index contributed by atoms with van der Waals surface area (Å²) in [5, 5.41) is 3.14. The van der Waals surface area contributed by atoms with Gasteiger partial charge in [-0.1, -0.05) is 11.6 Å². The van der Waals surface area contributed by atoms with Gasteiger partial charge in [0.1, 0.15) is 29.3 Å². The molecule has 1 aromatic carbocycles. The minimum atomic E-state index is -0.480. The number of aromatic nitrogens is 4. The summed E-state index contributed by atoms with van der Waals surface area (Å²) in [6, 6.07) is 5.27. The van der Waals surface area contributed by atoms with Gasteiger partial charge in [-0.3, -0.25) is 0 Å². The van der Waals surface area contributed by atoms with E-state index in [1.165, 1.54) is 18.5 Å².